The fraction of sp³-hybridized carbons (Fsp3) is 0.385. The van der Waals surface area contributed by atoms with Crippen LogP contribution in [0, 0.1) is 11.2 Å². The Labute approximate surface area is 104 Å². The Balaban J connectivity index is 2.01. The van der Waals surface area contributed by atoms with Gasteiger partial charge in [-0.2, -0.15) is 0 Å². The predicted octanol–water partition coefficient (Wildman–Crippen LogP) is 2.05. The molecule has 5 heteroatoms. The summed E-state index contributed by atoms with van der Waals surface area (Å²) in [4.78, 5) is 25.1. The standard InChI is InChI=1S/C13H13FN2O2/c14-9-4-1-2-5-10(9)16-11(17)13(6-3-7-13)8-15-12(16)18/h1-2,4-5H,3,6-8H2,(H,15,18). The van der Waals surface area contributed by atoms with Gasteiger partial charge in [-0.15, -0.1) is 0 Å². The number of hydrogen-bond acceptors (Lipinski definition) is 2. The molecule has 1 heterocycles. The van der Waals surface area contributed by atoms with Crippen LogP contribution in [0.5, 0.6) is 0 Å². The Morgan fingerprint density at radius 2 is 1.94 bits per heavy atom. The smallest absolute Gasteiger partial charge is 0.328 e. The van der Waals surface area contributed by atoms with Crippen LogP contribution in [0.2, 0.25) is 0 Å². The van der Waals surface area contributed by atoms with E-state index in [4.69, 9.17) is 0 Å². The van der Waals surface area contributed by atoms with E-state index in [2.05, 4.69) is 5.32 Å². The Kier molecular flexibility index (Phi) is 2.36. The summed E-state index contributed by atoms with van der Waals surface area (Å²) >= 11 is 0. The summed E-state index contributed by atoms with van der Waals surface area (Å²) in [6.45, 7) is 0.371. The highest BCUT2D eigenvalue weighted by atomic mass is 19.1. The maximum Gasteiger partial charge on any atom is 0.328 e. The zero-order valence-corrected chi connectivity index (χ0v) is 9.78. The van der Waals surface area contributed by atoms with Gasteiger partial charge >= 0.3 is 6.03 Å². The highest BCUT2D eigenvalue weighted by Gasteiger charge is 2.51. The lowest BCUT2D eigenvalue weighted by molar-refractivity contribution is -0.133. The zero-order chi connectivity index (χ0) is 12.8. The molecule has 4 nitrogen and oxygen atoms in total. The second-order valence-electron chi connectivity index (χ2n) is 4.88. The highest BCUT2D eigenvalue weighted by molar-refractivity contribution is 6.18. The van der Waals surface area contributed by atoms with E-state index in [9.17, 15) is 14.0 Å². The monoisotopic (exact) mass is 248 g/mol. The Morgan fingerprint density at radius 3 is 2.56 bits per heavy atom. The molecule has 2 aliphatic rings. The number of imide groups is 1. The minimum absolute atomic E-state index is 0.0333. The van der Waals surface area contributed by atoms with Crippen LogP contribution in [0.15, 0.2) is 24.3 Å². The maximum absolute atomic E-state index is 13.7. The number of para-hydroxylation sites is 1. The van der Waals surface area contributed by atoms with E-state index in [0.717, 1.165) is 24.2 Å². The van der Waals surface area contributed by atoms with Crippen molar-refractivity contribution in [2.24, 2.45) is 5.41 Å². The van der Waals surface area contributed by atoms with Gasteiger partial charge in [0.1, 0.15) is 5.82 Å². The lowest BCUT2D eigenvalue weighted by Gasteiger charge is -2.46. The maximum atomic E-state index is 13.7. The molecule has 1 saturated carbocycles. The van der Waals surface area contributed by atoms with Crippen LogP contribution in [0.1, 0.15) is 19.3 Å². The number of urea groups is 1. The number of carbonyl (C=O) groups is 2. The molecule has 3 rings (SSSR count). The zero-order valence-electron chi connectivity index (χ0n) is 9.78. The third-order valence-corrected chi connectivity index (χ3v) is 3.84. The van der Waals surface area contributed by atoms with E-state index < -0.39 is 17.3 Å². The number of rotatable bonds is 1. The van der Waals surface area contributed by atoms with Crippen LogP contribution in [-0.2, 0) is 4.79 Å². The molecule has 1 aromatic carbocycles. The minimum atomic E-state index is -0.558. The van der Waals surface area contributed by atoms with Crippen LogP contribution >= 0.6 is 0 Å². The Bertz CT molecular complexity index is 525. The van der Waals surface area contributed by atoms with Crippen molar-refractivity contribution in [2.45, 2.75) is 19.3 Å². The van der Waals surface area contributed by atoms with Crippen LogP contribution < -0.4 is 10.2 Å². The first kappa shape index (κ1) is 11.2. The van der Waals surface area contributed by atoms with Crippen molar-refractivity contribution in [1.82, 2.24) is 5.32 Å². The topological polar surface area (TPSA) is 49.4 Å². The SMILES string of the molecule is O=C1NCC2(CCC2)C(=O)N1c1ccccc1F. The van der Waals surface area contributed by atoms with Gasteiger partial charge < -0.3 is 5.32 Å². The van der Waals surface area contributed by atoms with Crippen molar-refractivity contribution >= 4 is 17.6 Å². The normalized spacial score (nSPS) is 21.7. The molecule has 1 saturated heterocycles. The van der Waals surface area contributed by atoms with Crippen LogP contribution in [-0.4, -0.2) is 18.5 Å². The van der Waals surface area contributed by atoms with Gasteiger partial charge in [0.2, 0.25) is 5.91 Å². The quantitative estimate of drug-likeness (QED) is 0.827. The van der Waals surface area contributed by atoms with Crippen LogP contribution in [0.25, 0.3) is 0 Å². The van der Waals surface area contributed by atoms with E-state index >= 15 is 0 Å². The van der Waals surface area contributed by atoms with Gasteiger partial charge in [0.25, 0.3) is 0 Å². The number of anilines is 1. The first-order chi connectivity index (χ1) is 8.64. The number of halogens is 1. The first-order valence-corrected chi connectivity index (χ1v) is 6.01. The van der Waals surface area contributed by atoms with Crippen molar-refractivity contribution in [2.75, 3.05) is 11.4 Å². The van der Waals surface area contributed by atoms with Crippen molar-refractivity contribution in [1.29, 1.82) is 0 Å². The molecule has 1 aliphatic heterocycles. The van der Waals surface area contributed by atoms with E-state index in [1.807, 2.05) is 0 Å². The Morgan fingerprint density at radius 1 is 1.22 bits per heavy atom. The molecule has 1 aromatic rings. The van der Waals surface area contributed by atoms with Gasteiger partial charge in [-0.3, -0.25) is 4.79 Å². The molecular weight excluding hydrogens is 235 g/mol. The molecule has 0 bridgehead atoms. The highest BCUT2D eigenvalue weighted by Crippen LogP contribution is 2.44. The Hall–Kier alpha value is -1.91. The molecule has 0 atom stereocenters. The third kappa shape index (κ3) is 1.43. The van der Waals surface area contributed by atoms with E-state index in [1.54, 1.807) is 6.07 Å². The fourth-order valence-electron chi connectivity index (χ4n) is 2.57. The van der Waals surface area contributed by atoms with Gasteiger partial charge in [-0.1, -0.05) is 18.6 Å². The lowest BCUT2D eigenvalue weighted by Crippen LogP contribution is -2.63. The minimum Gasteiger partial charge on any atom is -0.336 e. The number of nitrogens with zero attached hydrogens (tertiary/aromatic N) is 1. The largest absolute Gasteiger partial charge is 0.336 e. The van der Waals surface area contributed by atoms with E-state index in [0.29, 0.717) is 6.54 Å². The van der Waals surface area contributed by atoms with Crippen molar-refractivity contribution in [3.63, 3.8) is 0 Å². The molecule has 94 valence electrons. The average molecular weight is 248 g/mol. The molecule has 2 fully saturated rings. The first-order valence-electron chi connectivity index (χ1n) is 6.01. The summed E-state index contributed by atoms with van der Waals surface area (Å²) in [6.07, 6.45) is 2.50. The summed E-state index contributed by atoms with van der Waals surface area (Å²) in [5, 5.41) is 2.68. The van der Waals surface area contributed by atoms with Gasteiger partial charge in [0, 0.05) is 6.54 Å². The molecule has 18 heavy (non-hydrogen) atoms. The van der Waals surface area contributed by atoms with Crippen molar-refractivity contribution < 1.29 is 14.0 Å². The molecular formula is C13H13FN2O2. The van der Waals surface area contributed by atoms with Gasteiger partial charge in [-0.25, -0.2) is 14.1 Å². The molecule has 3 amide bonds. The third-order valence-electron chi connectivity index (χ3n) is 3.84. The second kappa shape index (κ2) is 3.80. The molecule has 1 spiro atoms. The summed E-state index contributed by atoms with van der Waals surface area (Å²) in [7, 11) is 0. The number of benzene rings is 1. The molecule has 1 N–H and O–H groups in total. The predicted molar refractivity (Wildman–Crippen MR) is 63.6 cm³/mol. The summed E-state index contributed by atoms with van der Waals surface area (Å²) in [5.41, 5.74) is -0.470. The number of nitrogens with one attached hydrogen (secondary N) is 1. The number of hydrogen-bond donors (Lipinski definition) is 1. The summed E-state index contributed by atoms with van der Waals surface area (Å²) in [5.74, 6) is -0.833. The van der Waals surface area contributed by atoms with E-state index in [1.165, 1.54) is 18.2 Å². The number of carbonyl (C=O) groups excluding carboxylic acids is 2. The fourth-order valence-corrected chi connectivity index (χ4v) is 2.57. The van der Waals surface area contributed by atoms with Gasteiger partial charge in [0.05, 0.1) is 11.1 Å². The van der Waals surface area contributed by atoms with Crippen molar-refractivity contribution in [3.05, 3.63) is 30.1 Å². The van der Waals surface area contributed by atoms with Crippen molar-refractivity contribution in [3.8, 4) is 0 Å². The average Bonchev–Trinajstić information content (AvgIpc) is 2.30. The van der Waals surface area contributed by atoms with Crippen LogP contribution in [0.4, 0.5) is 14.9 Å². The molecule has 0 aromatic heterocycles. The van der Waals surface area contributed by atoms with Crippen LogP contribution in [0.3, 0.4) is 0 Å². The van der Waals surface area contributed by atoms with Gasteiger partial charge in [0.15, 0.2) is 0 Å². The molecule has 0 unspecified atom stereocenters. The second-order valence-corrected chi connectivity index (χ2v) is 4.88. The van der Waals surface area contributed by atoms with Gasteiger partial charge in [-0.05, 0) is 25.0 Å². The summed E-state index contributed by atoms with van der Waals surface area (Å²) in [6, 6.07) is 5.30. The summed E-state index contributed by atoms with van der Waals surface area (Å²) < 4.78 is 13.7. The number of amides is 3. The molecule has 1 aliphatic carbocycles. The van der Waals surface area contributed by atoms with E-state index in [-0.39, 0.29) is 11.6 Å². The molecule has 0 radical (unpaired) electrons. The lowest BCUT2D eigenvalue weighted by atomic mass is 9.67.